The number of ether oxygens (including phenoxy) is 1. The van der Waals surface area contributed by atoms with Gasteiger partial charge in [-0.2, -0.15) is 0 Å². The molecule has 1 unspecified atom stereocenters. The van der Waals surface area contributed by atoms with Gasteiger partial charge in [0.1, 0.15) is 0 Å². The molecule has 2 heteroatoms. The Balaban J connectivity index is 3.04. The van der Waals surface area contributed by atoms with Crippen molar-refractivity contribution >= 4 is 16.9 Å². The largest absolute Gasteiger partial charge is 0.381 e. The molecule has 0 N–H and O–H groups in total. The number of benzene rings is 1. The Labute approximate surface area is 166 Å². The molecule has 0 amide bonds. The molecule has 0 aromatic heterocycles. The molecule has 0 aliphatic heterocycles. The Morgan fingerprint density at radius 1 is 1.15 bits per heavy atom. The molecule has 0 bridgehead atoms. The third kappa shape index (κ3) is 6.95. The van der Waals surface area contributed by atoms with Gasteiger partial charge in [0.05, 0.1) is 12.6 Å². The average Bonchev–Trinajstić information content (AvgIpc) is 2.64. The first-order valence-corrected chi connectivity index (χ1v) is 9.99. The fourth-order valence-corrected chi connectivity index (χ4v) is 3.41. The van der Waals surface area contributed by atoms with Crippen molar-refractivity contribution in [2.75, 3.05) is 13.7 Å². The highest BCUT2D eigenvalue weighted by Gasteiger charge is 2.13. The van der Waals surface area contributed by atoms with E-state index in [9.17, 15) is 0 Å². The van der Waals surface area contributed by atoms with Gasteiger partial charge in [-0.15, -0.1) is 6.58 Å². The van der Waals surface area contributed by atoms with Crippen molar-refractivity contribution in [2.24, 2.45) is 4.99 Å². The number of nitrogens with zero attached hydrogens (tertiary/aromatic N) is 1. The molecule has 0 aliphatic rings. The van der Waals surface area contributed by atoms with Gasteiger partial charge in [0, 0.05) is 18.4 Å². The molecule has 0 spiro atoms. The molecule has 1 rings (SSSR count). The Kier molecular flexibility index (Phi) is 10.0. The van der Waals surface area contributed by atoms with E-state index in [1.807, 2.05) is 20.1 Å². The summed E-state index contributed by atoms with van der Waals surface area (Å²) < 4.78 is 5.57. The summed E-state index contributed by atoms with van der Waals surface area (Å²) in [4.78, 5) is 4.61. The van der Waals surface area contributed by atoms with Gasteiger partial charge in [-0.3, -0.25) is 4.99 Å². The van der Waals surface area contributed by atoms with Gasteiger partial charge < -0.3 is 4.74 Å². The van der Waals surface area contributed by atoms with E-state index in [1.165, 1.54) is 16.7 Å². The normalized spacial score (nSPS) is 12.7. The SMILES string of the molecule is C=CCN=C(C)c1cc(C(=C)CCCC(CCC)OC)c(C)cc1C(=C)C. The van der Waals surface area contributed by atoms with Gasteiger partial charge in [0.25, 0.3) is 0 Å². The molecular weight excluding hydrogens is 330 g/mol. The Bertz CT molecular complexity index is 697. The van der Waals surface area contributed by atoms with E-state index in [4.69, 9.17) is 4.74 Å². The second-order valence-electron chi connectivity index (χ2n) is 7.35. The molecule has 0 fully saturated rings. The molecule has 1 atom stereocenters. The Morgan fingerprint density at radius 3 is 2.41 bits per heavy atom. The molecule has 148 valence electrons. The number of aryl methyl sites for hydroxylation is 1. The van der Waals surface area contributed by atoms with Crippen LogP contribution in [-0.4, -0.2) is 25.5 Å². The highest BCUT2D eigenvalue weighted by molar-refractivity contribution is 6.03. The van der Waals surface area contributed by atoms with Crippen LogP contribution in [0.5, 0.6) is 0 Å². The summed E-state index contributed by atoms with van der Waals surface area (Å²) in [6.07, 6.45) is 7.63. The first kappa shape index (κ1) is 23.1. The van der Waals surface area contributed by atoms with Gasteiger partial charge in [0.15, 0.2) is 0 Å². The first-order valence-electron chi connectivity index (χ1n) is 9.99. The summed E-state index contributed by atoms with van der Waals surface area (Å²) in [5, 5.41) is 0. The molecule has 0 saturated heterocycles. The highest BCUT2D eigenvalue weighted by Crippen LogP contribution is 2.29. The fourth-order valence-electron chi connectivity index (χ4n) is 3.41. The summed E-state index contributed by atoms with van der Waals surface area (Å²) in [7, 11) is 1.81. The lowest BCUT2D eigenvalue weighted by molar-refractivity contribution is 0.0860. The summed E-state index contributed by atoms with van der Waals surface area (Å²) in [6.45, 7) is 21.4. The van der Waals surface area contributed by atoms with E-state index < -0.39 is 0 Å². The first-order chi connectivity index (χ1) is 12.8. The Morgan fingerprint density at radius 2 is 1.85 bits per heavy atom. The van der Waals surface area contributed by atoms with Crippen LogP contribution in [0, 0.1) is 6.92 Å². The van der Waals surface area contributed by atoms with E-state index in [-0.39, 0.29) is 0 Å². The lowest BCUT2D eigenvalue weighted by Gasteiger charge is -2.18. The van der Waals surface area contributed by atoms with Crippen LogP contribution in [0.15, 0.2) is 42.9 Å². The molecule has 1 aromatic rings. The van der Waals surface area contributed by atoms with Crippen LogP contribution in [0.1, 0.15) is 75.1 Å². The number of hydrogen-bond acceptors (Lipinski definition) is 2. The van der Waals surface area contributed by atoms with Gasteiger partial charge in [-0.25, -0.2) is 0 Å². The summed E-state index contributed by atoms with van der Waals surface area (Å²) in [6, 6.07) is 4.46. The van der Waals surface area contributed by atoms with Gasteiger partial charge >= 0.3 is 0 Å². The van der Waals surface area contributed by atoms with Gasteiger partial charge in [-0.1, -0.05) is 44.2 Å². The summed E-state index contributed by atoms with van der Waals surface area (Å²) >= 11 is 0. The lowest BCUT2D eigenvalue weighted by atomic mass is 9.89. The number of aliphatic imine (C=N–C) groups is 1. The Hall–Kier alpha value is -1.93. The van der Waals surface area contributed by atoms with Crippen LogP contribution in [0.25, 0.3) is 11.1 Å². The van der Waals surface area contributed by atoms with Crippen molar-refractivity contribution in [1.29, 1.82) is 0 Å². The molecule has 2 nitrogen and oxygen atoms in total. The third-order valence-electron chi connectivity index (χ3n) is 5.00. The van der Waals surface area contributed by atoms with Gasteiger partial charge in [0.2, 0.25) is 0 Å². The van der Waals surface area contributed by atoms with E-state index in [0.717, 1.165) is 54.5 Å². The van der Waals surface area contributed by atoms with Crippen molar-refractivity contribution in [3.63, 3.8) is 0 Å². The second-order valence-corrected chi connectivity index (χ2v) is 7.35. The molecule has 0 radical (unpaired) electrons. The standard InChI is InChI=1S/C25H37NO/c1-9-12-22(27-8)14-11-13-19(5)24-17-25(21(7)26-15-10-2)23(18(3)4)16-20(24)6/h10,16-17,22H,2-3,5,9,11-15H2,1,4,6-8H3. The molecule has 27 heavy (non-hydrogen) atoms. The van der Waals surface area contributed by atoms with E-state index in [1.54, 1.807) is 0 Å². The fraction of sp³-hybridized carbons (Fsp3) is 0.480. The number of rotatable bonds is 12. The maximum absolute atomic E-state index is 5.57. The zero-order chi connectivity index (χ0) is 20.4. The zero-order valence-electron chi connectivity index (χ0n) is 18.0. The van der Waals surface area contributed by atoms with E-state index in [0.29, 0.717) is 12.6 Å². The van der Waals surface area contributed by atoms with Gasteiger partial charge in [-0.05, 0) is 74.8 Å². The predicted octanol–water partition coefficient (Wildman–Crippen LogP) is 7.02. The van der Waals surface area contributed by atoms with Crippen LogP contribution in [0.2, 0.25) is 0 Å². The minimum Gasteiger partial charge on any atom is -0.381 e. The monoisotopic (exact) mass is 367 g/mol. The maximum Gasteiger partial charge on any atom is 0.0571 e. The number of hydrogen-bond donors (Lipinski definition) is 0. The summed E-state index contributed by atoms with van der Waals surface area (Å²) in [5.41, 5.74) is 8.04. The zero-order valence-corrected chi connectivity index (χ0v) is 18.0. The molecule has 0 saturated carbocycles. The molecule has 0 heterocycles. The minimum atomic E-state index is 0.360. The molecule has 0 aliphatic carbocycles. The van der Waals surface area contributed by atoms with Crippen molar-refractivity contribution in [2.45, 2.75) is 65.9 Å². The second kappa shape index (κ2) is 11.7. The highest BCUT2D eigenvalue weighted by atomic mass is 16.5. The van der Waals surface area contributed by atoms with Crippen LogP contribution in [-0.2, 0) is 4.74 Å². The average molecular weight is 368 g/mol. The van der Waals surface area contributed by atoms with E-state index in [2.05, 4.69) is 57.6 Å². The van der Waals surface area contributed by atoms with Crippen molar-refractivity contribution in [1.82, 2.24) is 0 Å². The third-order valence-corrected chi connectivity index (χ3v) is 5.00. The van der Waals surface area contributed by atoms with Crippen molar-refractivity contribution in [3.8, 4) is 0 Å². The van der Waals surface area contributed by atoms with E-state index >= 15 is 0 Å². The smallest absolute Gasteiger partial charge is 0.0571 e. The quantitative estimate of drug-likeness (QED) is 0.287. The molecule has 1 aromatic carbocycles. The predicted molar refractivity (Wildman–Crippen MR) is 122 cm³/mol. The van der Waals surface area contributed by atoms with Crippen molar-refractivity contribution < 1.29 is 4.74 Å². The summed E-state index contributed by atoms with van der Waals surface area (Å²) in [5.74, 6) is 0. The van der Waals surface area contributed by atoms with Crippen LogP contribution in [0.4, 0.5) is 0 Å². The lowest BCUT2D eigenvalue weighted by Crippen LogP contribution is -2.09. The van der Waals surface area contributed by atoms with Crippen molar-refractivity contribution in [3.05, 3.63) is 60.2 Å². The van der Waals surface area contributed by atoms with Crippen LogP contribution < -0.4 is 0 Å². The van der Waals surface area contributed by atoms with Crippen LogP contribution in [0.3, 0.4) is 0 Å². The number of allylic oxidation sites excluding steroid dienone is 2. The topological polar surface area (TPSA) is 21.6 Å². The molecular formula is C25H37NO. The number of methoxy groups -OCH3 is 1. The van der Waals surface area contributed by atoms with Crippen LogP contribution >= 0.6 is 0 Å². The minimum absolute atomic E-state index is 0.360. The maximum atomic E-state index is 5.57.